The molecule has 1 rings (SSSR count). The lowest BCUT2D eigenvalue weighted by molar-refractivity contribution is -0.275. The first-order valence-electron chi connectivity index (χ1n) is 4.20. The third kappa shape index (κ3) is 4.22. The normalized spacial score (nSPS) is 12.1. The molecule has 1 aromatic carbocycles. The maximum absolute atomic E-state index is 13.1. The molecule has 0 fully saturated rings. The second-order valence-electron chi connectivity index (χ2n) is 2.79. The number of halogens is 5. The molecule has 0 N–H and O–H groups in total. The van der Waals surface area contributed by atoms with Crippen molar-refractivity contribution in [2.24, 2.45) is 0 Å². The molecule has 1 aromatic rings. The Bertz CT molecular complexity index is 387. The van der Waals surface area contributed by atoms with Gasteiger partial charge in [0.25, 0.3) is 0 Å². The fourth-order valence-corrected chi connectivity index (χ4v) is 1.20. The standard InChI is InChI=1S/C10H7BrF4O/c11-5-1-2-7-3-4-9(8(12)6-7)16-10(13,14)15/h1-4,6H,5H2. The summed E-state index contributed by atoms with van der Waals surface area (Å²) in [6.07, 6.45) is -1.61. The van der Waals surface area contributed by atoms with Gasteiger partial charge in [0.05, 0.1) is 0 Å². The summed E-state index contributed by atoms with van der Waals surface area (Å²) in [5, 5.41) is 0.579. The van der Waals surface area contributed by atoms with Crippen LogP contribution < -0.4 is 4.74 Å². The fourth-order valence-electron chi connectivity index (χ4n) is 1.01. The first-order valence-corrected chi connectivity index (χ1v) is 5.32. The molecule has 88 valence electrons. The number of hydrogen-bond donors (Lipinski definition) is 0. The van der Waals surface area contributed by atoms with Gasteiger partial charge < -0.3 is 4.74 Å². The van der Waals surface area contributed by atoms with Crippen molar-refractivity contribution in [3.63, 3.8) is 0 Å². The van der Waals surface area contributed by atoms with Crippen molar-refractivity contribution in [1.82, 2.24) is 0 Å². The molecule has 0 radical (unpaired) electrons. The maximum atomic E-state index is 13.1. The van der Waals surface area contributed by atoms with E-state index in [1.54, 1.807) is 12.2 Å². The zero-order chi connectivity index (χ0) is 12.2. The second-order valence-corrected chi connectivity index (χ2v) is 3.44. The Morgan fingerprint density at radius 3 is 2.50 bits per heavy atom. The average molecular weight is 299 g/mol. The summed E-state index contributed by atoms with van der Waals surface area (Å²) >= 11 is 3.13. The summed E-state index contributed by atoms with van der Waals surface area (Å²) < 4.78 is 52.1. The van der Waals surface area contributed by atoms with Crippen LogP contribution in [0.25, 0.3) is 6.08 Å². The highest BCUT2D eigenvalue weighted by Crippen LogP contribution is 2.26. The molecule has 0 unspecified atom stereocenters. The number of alkyl halides is 4. The van der Waals surface area contributed by atoms with Gasteiger partial charge in [-0.15, -0.1) is 13.2 Å². The Kier molecular flexibility index (Phi) is 4.35. The molecule has 16 heavy (non-hydrogen) atoms. The van der Waals surface area contributed by atoms with Gasteiger partial charge >= 0.3 is 6.36 Å². The largest absolute Gasteiger partial charge is 0.573 e. The highest BCUT2D eigenvalue weighted by atomic mass is 79.9. The number of allylic oxidation sites excluding steroid dienone is 1. The number of ether oxygens (including phenoxy) is 1. The molecule has 6 heteroatoms. The van der Waals surface area contributed by atoms with Gasteiger partial charge in [-0.25, -0.2) is 4.39 Å². The van der Waals surface area contributed by atoms with Crippen LogP contribution in [0, 0.1) is 5.82 Å². The van der Waals surface area contributed by atoms with Crippen molar-refractivity contribution in [3.8, 4) is 5.75 Å². The molecule has 0 saturated heterocycles. The van der Waals surface area contributed by atoms with Crippen LogP contribution in [0.4, 0.5) is 17.6 Å². The van der Waals surface area contributed by atoms with E-state index in [0.29, 0.717) is 10.9 Å². The predicted molar refractivity (Wildman–Crippen MR) is 55.9 cm³/mol. The molecule has 0 amide bonds. The Balaban J connectivity index is 2.87. The average Bonchev–Trinajstić information content (AvgIpc) is 2.17. The summed E-state index contributed by atoms with van der Waals surface area (Å²) in [5.41, 5.74) is 0.464. The molecule has 0 aliphatic carbocycles. The van der Waals surface area contributed by atoms with Gasteiger partial charge in [0.1, 0.15) is 0 Å². The zero-order valence-corrected chi connectivity index (χ0v) is 9.48. The minimum Gasteiger partial charge on any atom is -0.403 e. The molecular formula is C10H7BrF4O. The van der Waals surface area contributed by atoms with E-state index in [2.05, 4.69) is 20.7 Å². The summed E-state index contributed by atoms with van der Waals surface area (Å²) in [5.74, 6) is -1.88. The van der Waals surface area contributed by atoms with Gasteiger partial charge in [-0.2, -0.15) is 0 Å². The van der Waals surface area contributed by atoms with Gasteiger partial charge in [0.2, 0.25) is 0 Å². The zero-order valence-electron chi connectivity index (χ0n) is 7.89. The first kappa shape index (κ1) is 13.0. The molecule has 0 aromatic heterocycles. The third-order valence-electron chi connectivity index (χ3n) is 1.58. The van der Waals surface area contributed by atoms with Gasteiger partial charge in [-0.05, 0) is 17.7 Å². The van der Waals surface area contributed by atoms with Crippen molar-refractivity contribution in [2.45, 2.75) is 6.36 Å². The quantitative estimate of drug-likeness (QED) is 0.602. The molecule has 0 aliphatic rings. The van der Waals surface area contributed by atoms with Crippen LogP contribution >= 0.6 is 15.9 Å². The number of hydrogen-bond acceptors (Lipinski definition) is 1. The van der Waals surface area contributed by atoms with Crippen LogP contribution in [0.3, 0.4) is 0 Å². The monoisotopic (exact) mass is 298 g/mol. The van der Waals surface area contributed by atoms with Crippen molar-refractivity contribution < 1.29 is 22.3 Å². The van der Waals surface area contributed by atoms with E-state index in [-0.39, 0.29) is 0 Å². The predicted octanol–water partition coefficient (Wildman–Crippen LogP) is 4.13. The summed E-state index contributed by atoms with van der Waals surface area (Å²) in [7, 11) is 0. The topological polar surface area (TPSA) is 9.23 Å². The van der Waals surface area contributed by atoms with E-state index < -0.39 is 17.9 Å². The Morgan fingerprint density at radius 2 is 2.00 bits per heavy atom. The molecule has 0 bridgehead atoms. The third-order valence-corrected chi connectivity index (χ3v) is 1.95. The van der Waals surface area contributed by atoms with Crippen LogP contribution in [0.15, 0.2) is 24.3 Å². The van der Waals surface area contributed by atoms with Crippen molar-refractivity contribution >= 4 is 22.0 Å². The Morgan fingerprint density at radius 1 is 1.31 bits per heavy atom. The Labute approximate surface area is 97.8 Å². The minimum absolute atomic E-state index is 0.464. The van der Waals surface area contributed by atoms with E-state index in [4.69, 9.17) is 0 Å². The van der Waals surface area contributed by atoms with Gasteiger partial charge in [0.15, 0.2) is 11.6 Å². The SMILES string of the molecule is Fc1cc(C=CCBr)ccc1OC(F)(F)F. The summed E-state index contributed by atoms with van der Waals surface area (Å²) in [6, 6.07) is 3.25. The van der Waals surface area contributed by atoms with E-state index in [0.717, 1.165) is 12.1 Å². The van der Waals surface area contributed by atoms with Crippen LogP contribution in [0.5, 0.6) is 5.75 Å². The minimum atomic E-state index is -4.88. The lowest BCUT2D eigenvalue weighted by Crippen LogP contribution is -2.17. The Hall–Kier alpha value is -1.04. The van der Waals surface area contributed by atoms with Gasteiger partial charge in [-0.3, -0.25) is 0 Å². The van der Waals surface area contributed by atoms with E-state index >= 15 is 0 Å². The molecule has 0 aliphatic heterocycles. The summed E-state index contributed by atoms with van der Waals surface area (Å²) in [6.45, 7) is 0. The van der Waals surface area contributed by atoms with Crippen molar-refractivity contribution in [1.29, 1.82) is 0 Å². The lowest BCUT2D eigenvalue weighted by atomic mass is 10.2. The van der Waals surface area contributed by atoms with E-state index in [1.165, 1.54) is 6.07 Å². The van der Waals surface area contributed by atoms with E-state index in [9.17, 15) is 17.6 Å². The lowest BCUT2D eigenvalue weighted by Gasteiger charge is -2.09. The van der Waals surface area contributed by atoms with Gasteiger partial charge in [0, 0.05) is 5.33 Å². The summed E-state index contributed by atoms with van der Waals surface area (Å²) in [4.78, 5) is 0. The van der Waals surface area contributed by atoms with E-state index in [1.807, 2.05) is 0 Å². The molecule has 0 heterocycles. The smallest absolute Gasteiger partial charge is 0.403 e. The molecule has 0 spiro atoms. The number of rotatable bonds is 3. The van der Waals surface area contributed by atoms with Crippen LogP contribution in [0.2, 0.25) is 0 Å². The number of benzene rings is 1. The fraction of sp³-hybridized carbons (Fsp3) is 0.200. The van der Waals surface area contributed by atoms with Crippen LogP contribution in [-0.4, -0.2) is 11.7 Å². The van der Waals surface area contributed by atoms with Crippen LogP contribution in [-0.2, 0) is 0 Å². The highest BCUT2D eigenvalue weighted by Gasteiger charge is 2.32. The van der Waals surface area contributed by atoms with Crippen molar-refractivity contribution in [2.75, 3.05) is 5.33 Å². The van der Waals surface area contributed by atoms with Crippen molar-refractivity contribution in [3.05, 3.63) is 35.7 Å². The highest BCUT2D eigenvalue weighted by molar-refractivity contribution is 9.09. The second kappa shape index (κ2) is 5.34. The molecular weight excluding hydrogens is 292 g/mol. The molecule has 0 saturated carbocycles. The van der Waals surface area contributed by atoms with Gasteiger partial charge in [-0.1, -0.05) is 34.1 Å². The maximum Gasteiger partial charge on any atom is 0.573 e. The first-order chi connectivity index (χ1) is 7.42. The molecule has 0 atom stereocenters. The van der Waals surface area contributed by atoms with Crippen LogP contribution in [0.1, 0.15) is 5.56 Å². The molecule has 1 nitrogen and oxygen atoms in total.